The normalized spacial score (nSPS) is 10.4. The molecule has 0 radical (unpaired) electrons. The van der Waals surface area contributed by atoms with Gasteiger partial charge in [0.05, 0.1) is 5.56 Å². The molecule has 0 fully saturated rings. The molecule has 0 saturated heterocycles. The molecule has 0 N–H and O–H groups in total. The maximum Gasteiger partial charge on any atom is 0.251 e. The van der Waals surface area contributed by atoms with Gasteiger partial charge in [0.25, 0.3) is 5.88 Å². The molecule has 1 aromatic carbocycles. The molecule has 2 nitrogen and oxygen atoms in total. The average molecular weight is 318 g/mol. The van der Waals surface area contributed by atoms with Crippen LogP contribution in [0.25, 0.3) is 0 Å². The monoisotopic (exact) mass is 317 g/mol. The highest BCUT2D eigenvalue weighted by Crippen LogP contribution is 2.20. The summed E-state index contributed by atoms with van der Waals surface area (Å²) in [5, 5.41) is 0. The van der Waals surface area contributed by atoms with Gasteiger partial charge in [-0.3, -0.25) is 0 Å². The third kappa shape index (κ3) is 2.81. The summed E-state index contributed by atoms with van der Waals surface area (Å²) in [4.78, 5) is 3.72. The molecule has 2 rings (SSSR count). The van der Waals surface area contributed by atoms with Gasteiger partial charge in [-0.25, -0.2) is 18.2 Å². The van der Waals surface area contributed by atoms with E-state index in [-0.39, 0.29) is 11.4 Å². The first kappa shape index (κ1) is 12.9. The van der Waals surface area contributed by atoms with Crippen LogP contribution in [0.3, 0.4) is 0 Å². The molecule has 0 atom stereocenters. The van der Waals surface area contributed by atoms with Crippen molar-refractivity contribution in [3.63, 3.8) is 0 Å². The SMILES string of the molecule is Fc1ccc(Br)nc1OCc1c(F)cccc1F. The fourth-order valence-electron chi connectivity index (χ4n) is 1.31. The number of hydrogen-bond acceptors (Lipinski definition) is 2. The lowest BCUT2D eigenvalue weighted by Crippen LogP contribution is -2.04. The van der Waals surface area contributed by atoms with Crippen molar-refractivity contribution in [1.82, 2.24) is 4.98 Å². The van der Waals surface area contributed by atoms with Crippen molar-refractivity contribution in [2.75, 3.05) is 0 Å². The molecule has 1 heterocycles. The number of rotatable bonds is 3. The Labute approximate surface area is 110 Å². The number of halogens is 4. The summed E-state index contributed by atoms with van der Waals surface area (Å²) in [6.45, 7) is -0.432. The number of ether oxygens (including phenoxy) is 1. The predicted molar refractivity (Wildman–Crippen MR) is 62.6 cm³/mol. The van der Waals surface area contributed by atoms with E-state index in [9.17, 15) is 13.2 Å². The van der Waals surface area contributed by atoms with Crippen molar-refractivity contribution in [1.29, 1.82) is 0 Å². The van der Waals surface area contributed by atoms with Crippen molar-refractivity contribution in [3.8, 4) is 5.88 Å². The van der Waals surface area contributed by atoms with Crippen LogP contribution in [0, 0.1) is 17.5 Å². The Morgan fingerprint density at radius 2 is 1.67 bits per heavy atom. The van der Waals surface area contributed by atoms with Gasteiger partial charge in [-0.2, -0.15) is 0 Å². The summed E-state index contributed by atoms with van der Waals surface area (Å²) < 4.78 is 45.2. The Morgan fingerprint density at radius 1 is 1.00 bits per heavy atom. The third-order valence-electron chi connectivity index (χ3n) is 2.19. The van der Waals surface area contributed by atoms with Crippen molar-refractivity contribution in [3.05, 3.63) is 58.0 Å². The van der Waals surface area contributed by atoms with Crippen molar-refractivity contribution < 1.29 is 17.9 Å². The average Bonchev–Trinajstić information content (AvgIpc) is 2.33. The minimum Gasteiger partial charge on any atom is -0.470 e. The highest BCUT2D eigenvalue weighted by molar-refractivity contribution is 9.10. The Bertz CT molecular complexity index is 557. The van der Waals surface area contributed by atoms with Crippen LogP contribution >= 0.6 is 15.9 Å². The van der Waals surface area contributed by atoms with Gasteiger partial charge in [-0.15, -0.1) is 0 Å². The van der Waals surface area contributed by atoms with Crippen molar-refractivity contribution >= 4 is 15.9 Å². The molecule has 2 aromatic rings. The molecular formula is C12H7BrF3NO. The van der Waals surface area contributed by atoms with E-state index in [1.54, 1.807) is 0 Å². The van der Waals surface area contributed by atoms with Crippen molar-refractivity contribution in [2.45, 2.75) is 6.61 Å². The second kappa shape index (κ2) is 5.39. The van der Waals surface area contributed by atoms with E-state index in [0.29, 0.717) is 4.60 Å². The van der Waals surface area contributed by atoms with Gasteiger partial charge in [0, 0.05) is 0 Å². The quantitative estimate of drug-likeness (QED) is 0.802. The number of pyridine rings is 1. The summed E-state index contributed by atoms with van der Waals surface area (Å²) in [6, 6.07) is 5.99. The zero-order valence-electron chi connectivity index (χ0n) is 8.96. The molecule has 0 aliphatic carbocycles. The molecule has 0 saturated carbocycles. The lowest BCUT2D eigenvalue weighted by molar-refractivity contribution is 0.266. The van der Waals surface area contributed by atoms with E-state index >= 15 is 0 Å². The number of hydrogen-bond donors (Lipinski definition) is 0. The minimum atomic E-state index is -0.745. The first-order valence-electron chi connectivity index (χ1n) is 4.95. The summed E-state index contributed by atoms with van der Waals surface area (Å²) in [5.74, 6) is -2.50. The second-order valence-corrected chi connectivity index (χ2v) is 4.22. The zero-order valence-corrected chi connectivity index (χ0v) is 10.5. The number of benzene rings is 1. The van der Waals surface area contributed by atoms with Gasteiger partial charge in [0.1, 0.15) is 22.8 Å². The molecule has 0 aliphatic rings. The molecular weight excluding hydrogens is 311 g/mol. The highest BCUT2D eigenvalue weighted by atomic mass is 79.9. The molecule has 0 bridgehead atoms. The van der Waals surface area contributed by atoms with Crippen LogP contribution in [-0.4, -0.2) is 4.98 Å². The van der Waals surface area contributed by atoms with Gasteiger partial charge < -0.3 is 4.74 Å². The topological polar surface area (TPSA) is 22.1 Å². The highest BCUT2D eigenvalue weighted by Gasteiger charge is 2.11. The van der Waals surface area contributed by atoms with E-state index in [4.69, 9.17) is 4.74 Å². The summed E-state index contributed by atoms with van der Waals surface area (Å²) in [6.07, 6.45) is 0. The standard InChI is InChI=1S/C12H7BrF3NO/c13-11-5-4-10(16)12(17-11)18-6-7-8(14)2-1-3-9(7)15/h1-5H,6H2. The summed E-state index contributed by atoms with van der Waals surface area (Å²) in [7, 11) is 0. The maximum atomic E-state index is 13.3. The fraction of sp³-hybridized carbons (Fsp3) is 0.0833. The lowest BCUT2D eigenvalue weighted by atomic mass is 10.2. The zero-order chi connectivity index (χ0) is 13.1. The summed E-state index contributed by atoms with van der Waals surface area (Å²) in [5.41, 5.74) is -0.265. The number of aromatic nitrogens is 1. The maximum absolute atomic E-state index is 13.3. The Hall–Kier alpha value is -1.56. The molecule has 1 aromatic heterocycles. The molecule has 94 valence electrons. The van der Waals surface area contributed by atoms with Crippen LogP contribution in [0.4, 0.5) is 13.2 Å². The second-order valence-electron chi connectivity index (χ2n) is 3.41. The minimum absolute atomic E-state index is 0.265. The van der Waals surface area contributed by atoms with Gasteiger partial charge in [-0.1, -0.05) is 6.07 Å². The number of nitrogens with zero attached hydrogens (tertiary/aromatic N) is 1. The molecule has 0 aliphatic heterocycles. The van der Waals surface area contributed by atoms with Crippen LogP contribution in [0.2, 0.25) is 0 Å². The Balaban J connectivity index is 2.19. The molecule has 6 heteroatoms. The van der Waals surface area contributed by atoms with E-state index < -0.39 is 24.1 Å². The van der Waals surface area contributed by atoms with Crippen LogP contribution in [0.15, 0.2) is 34.9 Å². The Kier molecular flexibility index (Phi) is 3.86. The lowest BCUT2D eigenvalue weighted by Gasteiger charge is -2.08. The molecule has 0 spiro atoms. The van der Waals surface area contributed by atoms with Gasteiger partial charge >= 0.3 is 0 Å². The molecule has 18 heavy (non-hydrogen) atoms. The van der Waals surface area contributed by atoms with E-state index in [2.05, 4.69) is 20.9 Å². The fourth-order valence-corrected chi connectivity index (χ4v) is 1.61. The third-order valence-corrected chi connectivity index (χ3v) is 2.64. The van der Waals surface area contributed by atoms with E-state index in [0.717, 1.165) is 18.2 Å². The van der Waals surface area contributed by atoms with E-state index in [1.807, 2.05) is 0 Å². The largest absolute Gasteiger partial charge is 0.470 e. The molecule has 0 amide bonds. The smallest absolute Gasteiger partial charge is 0.251 e. The Morgan fingerprint density at radius 3 is 2.33 bits per heavy atom. The van der Waals surface area contributed by atoms with Crippen LogP contribution in [0.1, 0.15) is 5.56 Å². The van der Waals surface area contributed by atoms with Crippen LogP contribution in [0.5, 0.6) is 5.88 Å². The van der Waals surface area contributed by atoms with E-state index in [1.165, 1.54) is 12.1 Å². The van der Waals surface area contributed by atoms with Crippen LogP contribution < -0.4 is 4.74 Å². The first-order valence-corrected chi connectivity index (χ1v) is 5.75. The van der Waals surface area contributed by atoms with Crippen LogP contribution in [-0.2, 0) is 6.61 Å². The van der Waals surface area contributed by atoms with Gasteiger partial charge in [0.15, 0.2) is 5.82 Å². The predicted octanol–water partition coefficient (Wildman–Crippen LogP) is 3.84. The molecule has 0 unspecified atom stereocenters. The first-order chi connectivity index (χ1) is 8.58. The van der Waals surface area contributed by atoms with Crippen molar-refractivity contribution in [2.24, 2.45) is 0 Å². The van der Waals surface area contributed by atoms with Gasteiger partial charge in [-0.05, 0) is 40.2 Å². The van der Waals surface area contributed by atoms with Gasteiger partial charge in [0.2, 0.25) is 0 Å². The summed E-state index contributed by atoms with van der Waals surface area (Å²) >= 11 is 3.05.